The molecule has 3 rings (SSSR count). The van der Waals surface area contributed by atoms with E-state index in [0.717, 1.165) is 17.5 Å². The molecule has 96 valence electrons. The third kappa shape index (κ3) is 2.48. The second-order valence-electron chi connectivity index (χ2n) is 4.43. The Morgan fingerprint density at radius 3 is 2.84 bits per heavy atom. The Morgan fingerprint density at radius 1 is 1.16 bits per heavy atom. The van der Waals surface area contributed by atoms with Gasteiger partial charge in [-0.2, -0.15) is 0 Å². The number of carbonyl (C=O) groups is 1. The summed E-state index contributed by atoms with van der Waals surface area (Å²) in [6, 6.07) is 13.6. The lowest BCUT2D eigenvalue weighted by Gasteiger charge is -2.26. The van der Waals surface area contributed by atoms with Gasteiger partial charge in [-0.25, -0.2) is 5.06 Å². The Hall–Kier alpha value is -2.20. The molecule has 0 radical (unpaired) electrons. The SMILES string of the molecule is O=C1c2ncccc2CCN1OCc1ccccc1. The fourth-order valence-corrected chi connectivity index (χ4v) is 2.12. The maximum absolute atomic E-state index is 12.2. The molecule has 4 nitrogen and oxygen atoms in total. The highest BCUT2D eigenvalue weighted by Gasteiger charge is 2.26. The van der Waals surface area contributed by atoms with E-state index in [1.807, 2.05) is 42.5 Å². The van der Waals surface area contributed by atoms with Crippen LogP contribution in [0.1, 0.15) is 21.6 Å². The Bertz CT molecular complexity index is 584. The van der Waals surface area contributed by atoms with E-state index in [2.05, 4.69) is 4.98 Å². The van der Waals surface area contributed by atoms with Crippen LogP contribution in [0.3, 0.4) is 0 Å². The monoisotopic (exact) mass is 254 g/mol. The summed E-state index contributed by atoms with van der Waals surface area (Å²) in [5.41, 5.74) is 2.54. The molecule has 1 aromatic carbocycles. The summed E-state index contributed by atoms with van der Waals surface area (Å²) in [6.07, 6.45) is 2.42. The van der Waals surface area contributed by atoms with E-state index in [-0.39, 0.29) is 5.91 Å². The molecule has 0 aliphatic carbocycles. The highest BCUT2D eigenvalue weighted by molar-refractivity contribution is 5.94. The number of rotatable bonds is 3. The van der Waals surface area contributed by atoms with Gasteiger partial charge >= 0.3 is 0 Å². The summed E-state index contributed by atoms with van der Waals surface area (Å²) in [7, 11) is 0. The van der Waals surface area contributed by atoms with E-state index in [0.29, 0.717) is 18.8 Å². The molecule has 0 saturated heterocycles. The second-order valence-corrected chi connectivity index (χ2v) is 4.43. The van der Waals surface area contributed by atoms with Gasteiger partial charge in [-0.15, -0.1) is 0 Å². The summed E-state index contributed by atoms with van der Waals surface area (Å²) >= 11 is 0. The van der Waals surface area contributed by atoms with Crippen LogP contribution in [-0.4, -0.2) is 22.5 Å². The third-order valence-electron chi connectivity index (χ3n) is 3.13. The largest absolute Gasteiger partial charge is 0.296 e. The molecule has 2 aromatic rings. The van der Waals surface area contributed by atoms with Gasteiger partial charge in [-0.3, -0.25) is 14.6 Å². The quantitative estimate of drug-likeness (QED) is 0.843. The van der Waals surface area contributed by atoms with E-state index in [9.17, 15) is 4.79 Å². The van der Waals surface area contributed by atoms with Crippen molar-refractivity contribution in [2.75, 3.05) is 6.54 Å². The normalized spacial score (nSPS) is 14.3. The van der Waals surface area contributed by atoms with Crippen molar-refractivity contribution in [3.63, 3.8) is 0 Å². The van der Waals surface area contributed by atoms with Crippen molar-refractivity contribution in [1.82, 2.24) is 10.0 Å². The Morgan fingerprint density at radius 2 is 2.00 bits per heavy atom. The number of hydrogen-bond acceptors (Lipinski definition) is 3. The topological polar surface area (TPSA) is 42.4 Å². The molecule has 0 fully saturated rings. The lowest BCUT2D eigenvalue weighted by Crippen LogP contribution is -2.38. The minimum atomic E-state index is -0.155. The van der Waals surface area contributed by atoms with Gasteiger partial charge in [-0.05, 0) is 23.6 Å². The molecule has 4 heteroatoms. The fourth-order valence-electron chi connectivity index (χ4n) is 2.12. The van der Waals surface area contributed by atoms with Gasteiger partial charge in [0.05, 0.1) is 6.54 Å². The predicted octanol–water partition coefficient (Wildman–Crippen LogP) is 2.21. The zero-order valence-electron chi connectivity index (χ0n) is 10.5. The summed E-state index contributed by atoms with van der Waals surface area (Å²) in [5.74, 6) is -0.155. The van der Waals surface area contributed by atoms with Crippen LogP contribution in [0.4, 0.5) is 0 Å². The molecule has 0 N–H and O–H groups in total. The molecule has 2 heterocycles. The van der Waals surface area contributed by atoms with Crippen LogP contribution < -0.4 is 0 Å². The average molecular weight is 254 g/mol. The number of pyridine rings is 1. The van der Waals surface area contributed by atoms with Crippen LogP contribution >= 0.6 is 0 Å². The van der Waals surface area contributed by atoms with Crippen molar-refractivity contribution < 1.29 is 9.63 Å². The number of amides is 1. The maximum atomic E-state index is 12.2. The fraction of sp³-hybridized carbons (Fsp3) is 0.200. The van der Waals surface area contributed by atoms with E-state index < -0.39 is 0 Å². The Balaban J connectivity index is 1.69. The number of aromatic nitrogens is 1. The van der Waals surface area contributed by atoms with Crippen LogP contribution in [0.25, 0.3) is 0 Å². The minimum absolute atomic E-state index is 0.155. The lowest BCUT2D eigenvalue weighted by molar-refractivity contribution is -0.135. The molecule has 0 unspecified atom stereocenters. The summed E-state index contributed by atoms with van der Waals surface area (Å²) < 4.78 is 0. The van der Waals surface area contributed by atoms with Gasteiger partial charge in [0.2, 0.25) is 0 Å². The number of benzene rings is 1. The first kappa shape index (κ1) is 11.9. The number of carbonyl (C=O) groups excluding carboxylic acids is 1. The lowest BCUT2D eigenvalue weighted by atomic mass is 10.1. The van der Waals surface area contributed by atoms with Crippen molar-refractivity contribution in [3.8, 4) is 0 Å². The van der Waals surface area contributed by atoms with Crippen molar-refractivity contribution in [3.05, 3.63) is 65.5 Å². The van der Waals surface area contributed by atoms with E-state index in [1.165, 1.54) is 5.06 Å². The first-order valence-corrected chi connectivity index (χ1v) is 6.27. The standard InChI is InChI=1S/C15H14N2O2/c18-15-14-13(7-4-9-16-14)8-10-17(15)19-11-12-5-2-1-3-6-12/h1-7,9H,8,10-11H2. The third-order valence-corrected chi connectivity index (χ3v) is 3.13. The van der Waals surface area contributed by atoms with E-state index >= 15 is 0 Å². The highest BCUT2D eigenvalue weighted by Crippen LogP contribution is 2.17. The predicted molar refractivity (Wildman–Crippen MR) is 70.2 cm³/mol. The zero-order chi connectivity index (χ0) is 13.1. The van der Waals surface area contributed by atoms with Crippen LogP contribution in [0.15, 0.2) is 48.7 Å². The van der Waals surface area contributed by atoms with Crippen LogP contribution in [0.5, 0.6) is 0 Å². The smallest absolute Gasteiger partial charge is 0.266 e. The van der Waals surface area contributed by atoms with Gasteiger partial charge in [0.1, 0.15) is 12.3 Å². The number of nitrogens with zero attached hydrogens (tertiary/aromatic N) is 2. The van der Waals surface area contributed by atoms with Crippen molar-refractivity contribution in [2.24, 2.45) is 0 Å². The number of fused-ring (bicyclic) bond motifs is 1. The molecular weight excluding hydrogens is 240 g/mol. The zero-order valence-corrected chi connectivity index (χ0v) is 10.5. The first-order chi connectivity index (χ1) is 9.34. The highest BCUT2D eigenvalue weighted by atomic mass is 16.7. The van der Waals surface area contributed by atoms with E-state index in [1.54, 1.807) is 6.20 Å². The summed E-state index contributed by atoms with van der Waals surface area (Å²) in [4.78, 5) is 21.9. The molecule has 1 aliphatic rings. The van der Waals surface area contributed by atoms with Crippen molar-refractivity contribution >= 4 is 5.91 Å². The van der Waals surface area contributed by atoms with Gasteiger partial charge in [0, 0.05) is 6.20 Å². The van der Waals surface area contributed by atoms with E-state index in [4.69, 9.17) is 4.84 Å². The number of hydrogen-bond donors (Lipinski definition) is 0. The van der Waals surface area contributed by atoms with Crippen LogP contribution in [-0.2, 0) is 17.9 Å². The molecule has 19 heavy (non-hydrogen) atoms. The van der Waals surface area contributed by atoms with Gasteiger partial charge in [0.25, 0.3) is 5.91 Å². The van der Waals surface area contributed by atoms with Gasteiger partial charge in [-0.1, -0.05) is 36.4 Å². The average Bonchev–Trinajstić information content (AvgIpc) is 2.48. The van der Waals surface area contributed by atoms with Crippen molar-refractivity contribution in [2.45, 2.75) is 13.0 Å². The molecular formula is C15H14N2O2. The van der Waals surface area contributed by atoms with Gasteiger partial charge in [0.15, 0.2) is 0 Å². The summed E-state index contributed by atoms with van der Waals surface area (Å²) in [6.45, 7) is 0.971. The minimum Gasteiger partial charge on any atom is -0.266 e. The Labute approximate surface area is 111 Å². The van der Waals surface area contributed by atoms with Crippen LogP contribution in [0.2, 0.25) is 0 Å². The molecule has 0 atom stereocenters. The van der Waals surface area contributed by atoms with Crippen LogP contribution in [0, 0.1) is 0 Å². The molecule has 0 saturated carbocycles. The summed E-state index contributed by atoms with van der Waals surface area (Å²) in [5, 5.41) is 1.41. The maximum Gasteiger partial charge on any atom is 0.296 e. The number of hydroxylamine groups is 2. The molecule has 1 aromatic heterocycles. The van der Waals surface area contributed by atoms with Crippen molar-refractivity contribution in [1.29, 1.82) is 0 Å². The van der Waals surface area contributed by atoms with Gasteiger partial charge < -0.3 is 0 Å². The first-order valence-electron chi connectivity index (χ1n) is 6.27. The molecule has 1 amide bonds. The second kappa shape index (κ2) is 5.20. The molecule has 0 spiro atoms. The molecule has 1 aliphatic heterocycles. The molecule has 0 bridgehead atoms. The Kier molecular flexibility index (Phi) is 3.25.